The molecule has 0 atom stereocenters. The number of aromatic nitrogens is 2. The maximum atomic E-state index is 13.1. The fourth-order valence-electron chi connectivity index (χ4n) is 2.76. The van der Waals surface area contributed by atoms with Gasteiger partial charge in [0.15, 0.2) is 5.16 Å². The normalized spacial score (nSPS) is 11.6. The first kappa shape index (κ1) is 20.4. The highest BCUT2D eigenvalue weighted by molar-refractivity contribution is 7.99. The molecule has 3 rings (SSSR count). The number of fused-ring (bicyclic) bond motifs is 1. The molecule has 0 bridgehead atoms. The number of hydrogen-bond acceptors (Lipinski definition) is 6. The van der Waals surface area contributed by atoms with E-state index in [1.54, 1.807) is 11.7 Å². The Morgan fingerprint density at radius 1 is 1.29 bits per heavy atom. The van der Waals surface area contributed by atoms with Crippen LogP contribution in [0.5, 0.6) is 5.75 Å². The highest BCUT2D eigenvalue weighted by atomic mass is 32.2. The summed E-state index contributed by atoms with van der Waals surface area (Å²) >= 11 is 2.64. The first-order valence-electron chi connectivity index (χ1n) is 8.82. The third kappa shape index (κ3) is 4.74. The molecule has 0 spiro atoms. The number of hydrogen-bond donors (Lipinski definition) is 1. The van der Waals surface area contributed by atoms with Gasteiger partial charge in [-0.3, -0.25) is 14.2 Å². The summed E-state index contributed by atoms with van der Waals surface area (Å²) in [7, 11) is 1.61. The van der Waals surface area contributed by atoms with E-state index in [2.05, 4.69) is 10.3 Å². The summed E-state index contributed by atoms with van der Waals surface area (Å²) in [4.78, 5) is 29.9. The standard InChI is InChI=1S/C20H23N3O3S2/c1-20(2,3)22-16(24)12-28-19-21-14-9-10-27-17(14)18(25)23(19)11-13-7-5-6-8-15(13)26-4/h5-10H,11-12H2,1-4H3,(H,22,24). The van der Waals surface area contributed by atoms with E-state index in [1.165, 1.54) is 23.1 Å². The number of thiophene rings is 1. The van der Waals surface area contributed by atoms with Crippen molar-refractivity contribution in [1.82, 2.24) is 14.9 Å². The topological polar surface area (TPSA) is 73.2 Å². The van der Waals surface area contributed by atoms with Crippen LogP contribution in [-0.4, -0.2) is 33.9 Å². The number of nitrogens with zero attached hydrogens (tertiary/aromatic N) is 2. The molecule has 3 aromatic rings. The lowest BCUT2D eigenvalue weighted by Crippen LogP contribution is -2.41. The second-order valence-corrected chi connectivity index (χ2v) is 9.18. The molecule has 28 heavy (non-hydrogen) atoms. The van der Waals surface area contributed by atoms with Crippen molar-refractivity contribution in [2.45, 2.75) is 38.0 Å². The summed E-state index contributed by atoms with van der Waals surface area (Å²) in [6.45, 7) is 6.13. The average molecular weight is 418 g/mol. The first-order chi connectivity index (χ1) is 13.3. The van der Waals surface area contributed by atoms with Crippen molar-refractivity contribution in [1.29, 1.82) is 0 Å². The van der Waals surface area contributed by atoms with E-state index in [9.17, 15) is 9.59 Å². The quantitative estimate of drug-likeness (QED) is 0.491. The number of carbonyl (C=O) groups is 1. The molecule has 0 aliphatic carbocycles. The molecule has 0 fully saturated rings. The number of carbonyl (C=O) groups excluding carboxylic acids is 1. The van der Waals surface area contributed by atoms with Gasteiger partial charge in [0.1, 0.15) is 10.4 Å². The summed E-state index contributed by atoms with van der Waals surface area (Å²) in [6.07, 6.45) is 0. The van der Waals surface area contributed by atoms with Gasteiger partial charge in [-0.2, -0.15) is 0 Å². The maximum absolute atomic E-state index is 13.1. The van der Waals surface area contributed by atoms with E-state index in [4.69, 9.17) is 4.74 Å². The molecular formula is C20H23N3O3S2. The van der Waals surface area contributed by atoms with Crippen LogP contribution in [-0.2, 0) is 11.3 Å². The molecule has 148 valence electrons. The number of amides is 1. The summed E-state index contributed by atoms with van der Waals surface area (Å²) in [6, 6.07) is 9.40. The summed E-state index contributed by atoms with van der Waals surface area (Å²) in [5, 5.41) is 5.30. The molecular weight excluding hydrogens is 394 g/mol. The number of para-hydroxylation sites is 1. The lowest BCUT2D eigenvalue weighted by atomic mass is 10.1. The Bertz CT molecular complexity index is 1050. The highest BCUT2D eigenvalue weighted by Gasteiger charge is 2.18. The van der Waals surface area contributed by atoms with Crippen molar-refractivity contribution in [3.05, 3.63) is 51.6 Å². The van der Waals surface area contributed by atoms with E-state index >= 15 is 0 Å². The molecule has 8 heteroatoms. The summed E-state index contributed by atoms with van der Waals surface area (Å²) in [5.41, 5.74) is 1.12. The zero-order valence-corrected chi connectivity index (χ0v) is 17.9. The van der Waals surface area contributed by atoms with E-state index in [-0.39, 0.29) is 22.8 Å². The zero-order valence-electron chi connectivity index (χ0n) is 16.3. The predicted molar refractivity (Wildman–Crippen MR) is 115 cm³/mol. The Hall–Kier alpha value is -2.32. The van der Waals surface area contributed by atoms with Crippen LogP contribution >= 0.6 is 23.1 Å². The summed E-state index contributed by atoms with van der Waals surface area (Å²) in [5.74, 6) is 0.800. The van der Waals surface area contributed by atoms with Gasteiger partial charge in [-0.05, 0) is 38.3 Å². The van der Waals surface area contributed by atoms with Crippen LogP contribution in [0.25, 0.3) is 10.2 Å². The molecule has 1 amide bonds. The largest absolute Gasteiger partial charge is 0.496 e. The third-order valence-electron chi connectivity index (χ3n) is 3.90. The number of rotatable bonds is 6. The second kappa shape index (κ2) is 8.36. The van der Waals surface area contributed by atoms with Gasteiger partial charge < -0.3 is 10.1 Å². The van der Waals surface area contributed by atoms with Gasteiger partial charge in [0.2, 0.25) is 5.91 Å². The average Bonchev–Trinajstić information content (AvgIpc) is 3.10. The van der Waals surface area contributed by atoms with Crippen molar-refractivity contribution in [3.8, 4) is 5.75 Å². The lowest BCUT2D eigenvalue weighted by molar-refractivity contribution is -0.119. The van der Waals surface area contributed by atoms with Crippen LogP contribution in [0.1, 0.15) is 26.3 Å². The van der Waals surface area contributed by atoms with Gasteiger partial charge in [0.25, 0.3) is 5.56 Å². The predicted octanol–water partition coefficient (Wildman–Crippen LogP) is 3.52. The van der Waals surface area contributed by atoms with Crippen LogP contribution in [0.15, 0.2) is 45.7 Å². The van der Waals surface area contributed by atoms with Gasteiger partial charge in [-0.25, -0.2) is 4.98 Å². The Kier molecular flexibility index (Phi) is 6.10. The van der Waals surface area contributed by atoms with Crippen molar-refractivity contribution in [2.75, 3.05) is 12.9 Å². The van der Waals surface area contributed by atoms with Crippen LogP contribution in [0, 0.1) is 0 Å². The maximum Gasteiger partial charge on any atom is 0.272 e. The van der Waals surface area contributed by atoms with E-state index in [1.807, 2.05) is 56.5 Å². The molecule has 0 aliphatic heterocycles. The molecule has 0 saturated carbocycles. The number of benzene rings is 1. The van der Waals surface area contributed by atoms with Gasteiger partial charge >= 0.3 is 0 Å². The number of methoxy groups -OCH3 is 1. The van der Waals surface area contributed by atoms with Crippen LogP contribution in [0.2, 0.25) is 0 Å². The zero-order chi connectivity index (χ0) is 20.3. The van der Waals surface area contributed by atoms with Crippen LogP contribution < -0.4 is 15.6 Å². The molecule has 1 aromatic carbocycles. The van der Waals surface area contributed by atoms with Crippen molar-refractivity contribution >= 4 is 39.2 Å². The van der Waals surface area contributed by atoms with Crippen molar-refractivity contribution in [3.63, 3.8) is 0 Å². The van der Waals surface area contributed by atoms with Gasteiger partial charge in [-0.15, -0.1) is 11.3 Å². The number of ether oxygens (including phenoxy) is 1. The van der Waals surface area contributed by atoms with Gasteiger partial charge in [0.05, 0.1) is 24.9 Å². The van der Waals surface area contributed by atoms with E-state index < -0.39 is 0 Å². The van der Waals surface area contributed by atoms with Crippen molar-refractivity contribution < 1.29 is 9.53 Å². The fourth-order valence-corrected chi connectivity index (χ4v) is 4.34. The molecule has 2 aromatic heterocycles. The molecule has 0 radical (unpaired) electrons. The molecule has 6 nitrogen and oxygen atoms in total. The van der Waals surface area contributed by atoms with E-state index in [0.717, 1.165) is 5.56 Å². The molecule has 2 heterocycles. The molecule has 0 unspecified atom stereocenters. The fraction of sp³-hybridized carbons (Fsp3) is 0.350. The first-order valence-corrected chi connectivity index (χ1v) is 10.7. The van der Waals surface area contributed by atoms with E-state index in [0.29, 0.717) is 27.7 Å². The summed E-state index contributed by atoms with van der Waals surface area (Å²) < 4.78 is 7.65. The van der Waals surface area contributed by atoms with Crippen LogP contribution in [0.4, 0.5) is 0 Å². The SMILES string of the molecule is COc1ccccc1Cn1c(SCC(=O)NC(C)(C)C)nc2ccsc2c1=O. The number of thioether (sulfide) groups is 1. The monoisotopic (exact) mass is 417 g/mol. The van der Waals surface area contributed by atoms with Gasteiger partial charge in [0, 0.05) is 11.1 Å². The second-order valence-electron chi connectivity index (χ2n) is 7.32. The number of nitrogens with one attached hydrogen (secondary N) is 1. The van der Waals surface area contributed by atoms with Crippen molar-refractivity contribution in [2.24, 2.45) is 0 Å². The lowest BCUT2D eigenvalue weighted by Gasteiger charge is -2.20. The minimum absolute atomic E-state index is 0.0963. The molecule has 1 N–H and O–H groups in total. The minimum Gasteiger partial charge on any atom is -0.496 e. The Labute approximate surface area is 171 Å². The third-order valence-corrected chi connectivity index (χ3v) is 5.77. The molecule has 0 saturated heterocycles. The van der Waals surface area contributed by atoms with Crippen LogP contribution in [0.3, 0.4) is 0 Å². The Morgan fingerprint density at radius 2 is 2.04 bits per heavy atom. The molecule has 0 aliphatic rings. The van der Waals surface area contributed by atoms with Gasteiger partial charge in [-0.1, -0.05) is 30.0 Å². The smallest absolute Gasteiger partial charge is 0.272 e. The minimum atomic E-state index is -0.306. The Morgan fingerprint density at radius 3 is 2.75 bits per heavy atom. The Balaban J connectivity index is 1.95. The highest BCUT2D eigenvalue weighted by Crippen LogP contribution is 2.24.